The summed E-state index contributed by atoms with van der Waals surface area (Å²) in [6, 6.07) is 0. The molecule has 4 unspecified atom stereocenters. The average Bonchev–Trinajstić information content (AvgIpc) is 3.35. The fraction of sp³-hybridized carbons (Fsp3) is 0.875. The van der Waals surface area contributed by atoms with Crippen LogP contribution in [0.3, 0.4) is 0 Å². The fourth-order valence-corrected chi connectivity index (χ4v) is 1.75. The van der Waals surface area contributed by atoms with Crippen LogP contribution in [0.2, 0.25) is 0 Å². The topological polar surface area (TPSA) is 89.9 Å². The van der Waals surface area contributed by atoms with Crippen molar-refractivity contribution < 1.29 is 33.9 Å². The number of ether oxygens (including phenoxy) is 5. The van der Waals surface area contributed by atoms with Crippen LogP contribution in [-0.2, 0) is 23.7 Å². The van der Waals surface area contributed by atoms with Gasteiger partial charge in [0, 0.05) is 5.92 Å². The number of hydrogen-bond acceptors (Lipinski definition) is 7. The Labute approximate surface area is 138 Å². The van der Waals surface area contributed by atoms with Crippen LogP contribution in [0.1, 0.15) is 6.92 Å². The van der Waals surface area contributed by atoms with Crippen molar-refractivity contribution in [3.8, 4) is 0 Å². The molecule has 1 saturated heterocycles. The van der Waals surface area contributed by atoms with Crippen LogP contribution in [0.15, 0.2) is 12.7 Å². The summed E-state index contributed by atoms with van der Waals surface area (Å²) < 4.78 is 26.5. The molecule has 1 aliphatic heterocycles. The molecule has 1 aliphatic rings. The molecule has 0 aromatic heterocycles. The van der Waals surface area contributed by atoms with E-state index in [1.54, 1.807) is 6.08 Å². The molecule has 0 radical (unpaired) electrons. The Balaban J connectivity index is 1.98. The molecular weight excluding hydrogens is 304 g/mol. The van der Waals surface area contributed by atoms with E-state index in [0.717, 1.165) is 6.61 Å². The number of aliphatic hydroxyl groups is 2. The van der Waals surface area contributed by atoms with Gasteiger partial charge in [0.15, 0.2) is 0 Å². The smallest absolute Gasteiger partial charge is 0.104 e. The van der Waals surface area contributed by atoms with Crippen LogP contribution < -0.4 is 0 Å². The van der Waals surface area contributed by atoms with Crippen LogP contribution in [0, 0.1) is 5.92 Å². The molecule has 4 atom stereocenters. The number of rotatable bonds is 16. The highest BCUT2D eigenvalue weighted by Crippen LogP contribution is 2.09. The lowest BCUT2D eigenvalue weighted by Crippen LogP contribution is -2.31. The summed E-state index contributed by atoms with van der Waals surface area (Å²) in [5.41, 5.74) is 0. The summed E-state index contributed by atoms with van der Waals surface area (Å²) in [7, 11) is 0. The second-order valence-corrected chi connectivity index (χ2v) is 5.75. The van der Waals surface area contributed by atoms with Crippen molar-refractivity contribution in [3.63, 3.8) is 0 Å². The monoisotopic (exact) mass is 334 g/mol. The van der Waals surface area contributed by atoms with Gasteiger partial charge in [0.2, 0.25) is 0 Å². The molecule has 1 fully saturated rings. The van der Waals surface area contributed by atoms with E-state index in [1.807, 2.05) is 6.92 Å². The third-order valence-corrected chi connectivity index (χ3v) is 3.09. The van der Waals surface area contributed by atoms with Gasteiger partial charge in [0.1, 0.15) is 18.3 Å². The molecule has 2 N–H and O–H groups in total. The van der Waals surface area contributed by atoms with Gasteiger partial charge in [-0.05, 0) is 0 Å². The van der Waals surface area contributed by atoms with Gasteiger partial charge in [-0.3, -0.25) is 0 Å². The van der Waals surface area contributed by atoms with Gasteiger partial charge in [-0.1, -0.05) is 13.0 Å². The molecule has 1 rings (SSSR count). The van der Waals surface area contributed by atoms with E-state index in [9.17, 15) is 10.2 Å². The van der Waals surface area contributed by atoms with Crippen LogP contribution >= 0.6 is 0 Å². The largest absolute Gasteiger partial charge is 0.394 e. The summed E-state index contributed by atoms with van der Waals surface area (Å²) in [5, 5.41) is 19.0. The van der Waals surface area contributed by atoms with Crippen molar-refractivity contribution in [2.45, 2.75) is 25.2 Å². The summed E-state index contributed by atoms with van der Waals surface area (Å²) >= 11 is 0. The highest BCUT2D eigenvalue weighted by atomic mass is 16.6. The second-order valence-electron chi connectivity index (χ2n) is 5.75. The molecule has 23 heavy (non-hydrogen) atoms. The molecule has 0 amide bonds. The molecule has 136 valence electrons. The quantitative estimate of drug-likeness (QED) is 0.233. The number of epoxide rings is 1. The Morgan fingerprint density at radius 3 is 2.57 bits per heavy atom. The van der Waals surface area contributed by atoms with E-state index in [-0.39, 0.29) is 38.4 Å². The van der Waals surface area contributed by atoms with Crippen LogP contribution in [0.5, 0.6) is 0 Å². The second kappa shape index (κ2) is 12.8. The first-order chi connectivity index (χ1) is 11.2. The van der Waals surface area contributed by atoms with Crippen molar-refractivity contribution in [1.29, 1.82) is 0 Å². The number of hydrogen-bond donors (Lipinski definition) is 2. The summed E-state index contributed by atoms with van der Waals surface area (Å²) in [4.78, 5) is 0. The van der Waals surface area contributed by atoms with Gasteiger partial charge in [0.05, 0.1) is 59.5 Å². The molecular formula is C16H30O7. The first kappa shape index (κ1) is 20.5. The predicted octanol–water partition coefficient (Wildman–Crippen LogP) is -0.00450. The fourth-order valence-electron chi connectivity index (χ4n) is 1.75. The van der Waals surface area contributed by atoms with E-state index in [2.05, 4.69) is 6.58 Å². The van der Waals surface area contributed by atoms with E-state index in [0.29, 0.717) is 26.4 Å². The lowest BCUT2D eigenvalue weighted by molar-refractivity contribution is -0.0862. The Bertz CT molecular complexity index is 296. The van der Waals surface area contributed by atoms with E-state index >= 15 is 0 Å². The summed E-state index contributed by atoms with van der Waals surface area (Å²) in [6.45, 7) is 8.85. The molecule has 7 nitrogen and oxygen atoms in total. The van der Waals surface area contributed by atoms with Crippen LogP contribution in [0.25, 0.3) is 0 Å². The minimum absolute atomic E-state index is 0.0931. The Morgan fingerprint density at radius 2 is 1.91 bits per heavy atom. The SMILES string of the molecule is C=CCOCC(C)COCC(O)COC(CO)COCC1CO1. The third-order valence-electron chi connectivity index (χ3n) is 3.09. The Hall–Kier alpha value is -0.540. The van der Waals surface area contributed by atoms with E-state index in [4.69, 9.17) is 23.7 Å². The molecule has 7 heteroatoms. The Kier molecular flexibility index (Phi) is 11.4. The molecule has 0 bridgehead atoms. The first-order valence-electron chi connectivity index (χ1n) is 8.02. The molecule has 0 aromatic rings. The standard InChI is InChI=1S/C16H30O7/c1-3-4-19-6-13(2)7-20-8-14(18)9-22-15(5-17)10-21-11-16-12-23-16/h3,13-18H,1,4-12H2,2H3. The maximum absolute atomic E-state index is 9.81. The molecule has 1 heterocycles. The van der Waals surface area contributed by atoms with Crippen molar-refractivity contribution in [3.05, 3.63) is 12.7 Å². The zero-order valence-electron chi connectivity index (χ0n) is 13.9. The van der Waals surface area contributed by atoms with Gasteiger partial charge in [-0.25, -0.2) is 0 Å². The molecule has 0 aromatic carbocycles. The van der Waals surface area contributed by atoms with E-state index in [1.165, 1.54) is 0 Å². The zero-order chi connectivity index (χ0) is 16.9. The van der Waals surface area contributed by atoms with Gasteiger partial charge < -0.3 is 33.9 Å². The first-order valence-corrected chi connectivity index (χ1v) is 8.02. The highest BCUT2D eigenvalue weighted by Gasteiger charge is 2.23. The summed E-state index contributed by atoms with van der Waals surface area (Å²) in [6.07, 6.45) is 0.700. The summed E-state index contributed by atoms with van der Waals surface area (Å²) in [5.74, 6) is 0.242. The lowest BCUT2D eigenvalue weighted by Gasteiger charge is -2.19. The third kappa shape index (κ3) is 11.6. The van der Waals surface area contributed by atoms with Gasteiger partial charge in [-0.15, -0.1) is 6.58 Å². The van der Waals surface area contributed by atoms with Gasteiger partial charge in [0.25, 0.3) is 0 Å². The highest BCUT2D eigenvalue weighted by molar-refractivity contribution is 4.68. The molecule has 0 saturated carbocycles. The van der Waals surface area contributed by atoms with Crippen molar-refractivity contribution >= 4 is 0 Å². The van der Waals surface area contributed by atoms with Gasteiger partial charge >= 0.3 is 0 Å². The Morgan fingerprint density at radius 1 is 1.17 bits per heavy atom. The minimum atomic E-state index is -0.739. The zero-order valence-corrected chi connectivity index (χ0v) is 13.9. The predicted molar refractivity (Wildman–Crippen MR) is 84.4 cm³/mol. The maximum Gasteiger partial charge on any atom is 0.104 e. The number of aliphatic hydroxyl groups excluding tert-OH is 2. The molecule has 0 aliphatic carbocycles. The maximum atomic E-state index is 9.81. The molecule has 0 spiro atoms. The average molecular weight is 334 g/mol. The van der Waals surface area contributed by atoms with Crippen molar-refractivity contribution in [2.24, 2.45) is 5.92 Å². The van der Waals surface area contributed by atoms with Crippen LogP contribution in [-0.4, -0.2) is 88.0 Å². The minimum Gasteiger partial charge on any atom is -0.394 e. The van der Waals surface area contributed by atoms with Crippen molar-refractivity contribution in [1.82, 2.24) is 0 Å². The van der Waals surface area contributed by atoms with E-state index < -0.39 is 12.2 Å². The lowest BCUT2D eigenvalue weighted by atomic mass is 10.2. The van der Waals surface area contributed by atoms with Crippen LogP contribution in [0.4, 0.5) is 0 Å². The normalized spacial score (nSPS) is 20.9. The van der Waals surface area contributed by atoms with Gasteiger partial charge in [-0.2, -0.15) is 0 Å². The van der Waals surface area contributed by atoms with Crippen molar-refractivity contribution in [2.75, 3.05) is 59.5 Å².